The largest absolute Gasteiger partial charge is 0.486 e. The normalized spacial score (nSPS) is 18.4. The Morgan fingerprint density at radius 2 is 1.63 bits per heavy atom. The summed E-state index contributed by atoms with van der Waals surface area (Å²) in [5.74, 6) is 0.183. The smallest absolute Gasteiger partial charge is 0.262 e. The first-order chi connectivity index (χ1) is 14.5. The van der Waals surface area contributed by atoms with E-state index in [0.717, 1.165) is 4.90 Å². The minimum atomic E-state index is -0.880. The summed E-state index contributed by atoms with van der Waals surface area (Å²) < 4.78 is 11.5. The van der Waals surface area contributed by atoms with Gasteiger partial charge >= 0.3 is 0 Å². The van der Waals surface area contributed by atoms with E-state index in [1.807, 2.05) is 38.1 Å². The lowest BCUT2D eigenvalue weighted by atomic mass is 10.0. The fourth-order valence-electron chi connectivity index (χ4n) is 3.76. The van der Waals surface area contributed by atoms with Gasteiger partial charge in [0.05, 0.1) is 17.7 Å². The first-order valence-electron chi connectivity index (χ1n) is 10.1. The molecule has 0 aliphatic carbocycles. The molecule has 0 fully saturated rings. The topological polar surface area (TPSA) is 84.9 Å². The van der Waals surface area contributed by atoms with Crippen LogP contribution in [0, 0.1) is 5.92 Å². The Bertz CT molecular complexity index is 952. The summed E-state index contributed by atoms with van der Waals surface area (Å²) in [5, 5.41) is 2.84. The number of fused-ring (bicyclic) bond motifs is 2. The second-order valence-electron chi connectivity index (χ2n) is 7.91. The summed E-state index contributed by atoms with van der Waals surface area (Å²) >= 11 is 0. The van der Waals surface area contributed by atoms with Crippen molar-refractivity contribution >= 4 is 17.7 Å². The van der Waals surface area contributed by atoms with Crippen LogP contribution in [0.4, 0.5) is 0 Å². The molecule has 2 aliphatic rings. The number of carbonyl (C=O) groups is 3. The highest BCUT2D eigenvalue weighted by molar-refractivity contribution is 6.22. The molecule has 2 aliphatic heterocycles. The molecule has 2 aromatic rings. The van der Waals surface area contributed by atoms with Gasteiger partial charge in [-0.1, -0.05) is 38.1 Å². The number of ether oxygens (including phenoxy) is 2. The van der Waals surface area contributed by atoms with Crippen LogP contribution in [0.3, 0.4) is 0 Å². The van der Waals surface area contributed by atoms with Crippen LogP contribution >= 0.6 is 0 Å². The molecule has 30 heavy (non-hydrogen) atoms. The Morgan fingerprint density at radius 3 is 2.27 bits per heavy atom. The zero-order valence-corrected chi connectivity index (χ0v) is 17.0. The summed E-state index contributed by atoms with van der Waals surface area (Å²) in [6, 6.07) is 13.1. The second-order valence-corrected chi connectivity index (χ2v) is 7.91. The summed E-state index contributed by atoms with van der Waals surface area (Å²) in [4.78, 5) is 39.8. The van der Waals surface area contributed by atoms with Crippen LogP contribution in [0.15, 0.2) is 48.5 Å². The van der Waals surface area contributed by atoms with Gasteiger partial charge < -0.3 is 14.8 Å². The molecule has 0 bridgehead atoms. The van der Waals surface area contributed by atoms with Crippen molar-refractivity contribution in [3.8, 4) is 11.5 Å². The number of hydrogen-bond donors (Lipinski definition) is 1. The zero-order valence-electron chi connectivity index (χ0n) is 17.0. The van der Waals surface area contributed by atoms with Gasteiger partial charge in [-0.2, -0.15) is 0 Å². The van der Waals surface area contributed by atoms with E-state index in [1.165, 1.54) is 0 Å². The lowest BCUT2D eigenvalue weighted by Crippen LogP contribution is -2.52. The molecule has 2 heterocycles. The van der Waals surface area contributed by atoms with Gasteiger partial charge in [0.25, 0.3) is 11.8 Å². The SMILES string of the molecule is CC(C)C[C@H](C(=O)NC[C@H]1COc2ccccc2O1)N1C(=O)c2ccccc2C1=O. The van der Waals surface area contributed by atoms with E-state index in [2.05, 4.69) is 5.32 Å². The Kier molecular flexibility index (Phi) is 5.44. The van der Waals surface area contributed by atoms with Crippen LogP contribution in [0.1, 0.15) is 41.0 Å². The fraction of sp³-hybridized carbons (Fsp3) is 0.348. The summed E-state index contributed by atoms with van der Waals surface area (Å²) in [7, 11) is 0. The minimum Gasteiger partial charge on any atom is -0.486 e. The van der Waals surface area contributed by atoms with Gasteiger partial charge in [-0.25, -0.2) is 0 Å². The molecule has 3 amide bonds. The van der Waals surface area contributed by atoms with Crippen molar-refractivity contribution < 1.29 is 23.9 Å². The maximum absolute atomic E-state index is 13.0. The zero-order chi connectivity index (χ0) is 21.3. The van der Waals surface area contributed by atoms with Crippen molar-refractivity contribution in [3.63, 3.8) is 0 Å². The molecule has 2 aromatic carbocycles. The van der Waals surface area contributed by atoms with E-state index < -0.39 is 17.9 Å². The first kappa shape index (κ1) is 19.9. The number of rotatable bonds is 6. The Balaban J connectivity index is 1.46. The standard InChI is InChI=1S/C23H24N2O5/c1-14(2)11-18(25-22(27)16-7-3-4-8-17(16)23(25)28)21(26)24-12-15-13-29-19-9-5-6-10-20(19)30-15/h3-10,14-15,18H,11-13H2,1-2H3,(H,24,26)/t15-,18+/m0/s1. The number of nitrogens with one attached hydrogen (secondary N) is 1. The predicted molar refractivity (Wildman–Crippen MR) is 110 cm³/mol. The second kappa shape index (κ2) is 8.18. The van der Waals surface area contributed by atoms with Crippen molar-refractivity contribution in [1.82, 2.24) is 10.2 Å². The van der Waals surface area contributed by atoms with Gasteiger partial charge in [0.2, 0.25) is 5.91 Å². The lowest BCUT2D eigenvalue weighted by molar-refractivity contribution is -0.126. The number of amides is 3. The number of benzene rings is 2. The summed E-state index contributed by atoms with van der Waals surface area (Å²) in [5.41, 5.74) is 0.675. The fourth-order valence-corrected chi connectivity index (χ4v) is 3.76. The molecule has 7 nitrogen and oxygen atoms in total. The van der Waals surface area contributed by atoms with Gasteiger partial charge in [-0.05, 0) is 36.6 Å². The van der Waals surface area contributed by atoms with Gasteiger partial charge in [0, 0.05) is 0 Å². The molecule has 2 atom stereocenters. The highest BCUT2D eigenvalue weighted by atomic mass is 16.6. The molecule has 7 heteroatoms. The van der Waals surface area contributed by atoms with Crippen LogP contribution in [-0.2, 0) is 4.79 Å². The van der Waals surface area contributed by atoms with Crippen LogP contribution in [0.5, 0.6) is 11.5 Å². The van der Waals surface area contributed by atoms with Crippen LogP contribution in [0.2, 0.25) is 0 Å². The third kappa shape index (κ3) is 3.75. The van der Waals surface area contributed by atoms with Crippen molar-refractivity contribution in [1.29, 1.82) is 0 Å². The van der Waals surface area contributed by atoms with Gasteiger partial charge in [0.15, 0.2) is 11.5 Å². The maximum atomic E-state index is 13.0. The number of carbonyl (C=O) groups excluding carboxylic acids is 3. The molecule has 0 aromatic heterocycles. The van der Waals surface area contributed by atoms with Crippen LogP contribution in [-0.4, -0.2) is 47.9 Å². The molecular weight excluding hydrogens is 384 g/mol. The highest BCUT2D eigenvalue weighted by Gasteiger charge is 2.42. The van der Waals surface area contributed by atoms with Crippen LogP contribution < -0.4 is 14.8 Å². The Morgan fingerprint density at radius 1 is 1.03 bits per heavy atom. The highest BCUT2D eigenvalue weighted by Crippen LogP contribution is 2.31. The number of nitrogens with zero attached hydrogens (tertiary/aromatic N) is 1. The van der Waals surface area contributed by atoms with E-state index in [0.29, 0.717) is 35.7 Å². The van der Waals surface area contributed by atoms with Crippen LogP contribution in [0.25, 0.3) is 0 Å². The molecule has 0 radical (unpaired) electrons. The predicted octanol–water partition coefficient (Wildman–Crippen LogP) is 2.65. The van der Waals surface area contributed by atoms with Crippen molar-refractivity contribution in [2.75, 3.05) is 13.2 Å². The van der Waals surface area contributed by atoms with E-state index >= 15 is 0 Å². The Labute approximate surface area is 175 Å². The van der Waals surface area contributed by atoms with Gasteiger partial charge in [-0.15, -0.1) is 0 Å². The molecule has 156 valence electrons. The average Bonchev–Trinajstić information content (AvgIpc) is 3.00. The molecule has 4 rings (SSSR count). The average molecular weight is 408 g/mol. The quantitative estimate of drug-likeness (QED) is 0.743. The monoisotopic (exact) mass is 408 g/mol. The molecule has 0 spiro atoms. The van der Waals surface area contributed by atoms with Crippen molar-refractivity contribution in [2.24, 2.45) is 5.92 Å². The van der Waals surface area contributed by atoms with E-state index in [4.69, 9.17) is 9.47 Å². The minimum absolute atomic E-state index is 0.117. The third-order valence-corrected chi connectivity index (χ3v) is 5.21. The van der Waals surface area contributed by atoms with Gasteiger partial charge in [0.1, 0.15) is 18.8 Å². The first-order valence-corrected chi connectivity index (χ1v) is 10.1. The van der Waals surface area contributed by atoms with Crippen molar-refractivity contribution in [2.45, 2.75) is 32.4 Å². The summed E-state index contributed by atoms with van der Waals surface area (Å²) in [6.07, 6.45) is 0.0213. The van der Waals surface area contributed by atoms with Gasteiger partial charge in [-0.3, -0.25) is 19.3 Å². The number of hydrogen-bond acceptors (Lipinski definition) is 5. The van der Waals surface area contributed by atoms with E-state index in [9.17, 15) is 14.4 Å². The van der Waals surface area contributed by atoms with E-state index in [-0.39, 0.29) is 24.5 Å². The molecular formula is C23H24N2O5. The molecule has 1 N–H and O–H groups in total. The molecule has 0 saturated heterocycles. The number of imide groups is 1. The maximum Gasteiger partial charge on any atom is 0.262 e. The summed E-state index contributed by atoms with van der Waals surface area (Å²) in [6.45, 7) is 4.42. The third-order valence-electron chi connectivity index (χ3n) is 5.21. The van der Waals surface area contributed by atoms with Crippen molar-refractivity contribution in [3.05, 3.63) is 59.7 Å². The molecule has 0 unspecified atom stereocenters. The lowest BCUT2D eigenvalue weighted by Gasteiger charge is -2.29. The molecule has 0 saturated carbocycles. The Hall–Kier alpha value is -3.35. The number of para-hydroxylation sites is 2. The van der Waals surface area contributed by atoms with E-state index in [1.54, 1.807) is 24.3 Å².